The first-order valence-electron chi connectivity index (χ1n) is 9.61. The summed E-state index contributed by atoms with van der Waals surface area (Å²) in [6.07, 6.45) is 4.13. The molecular formula is C21H26FN5S. The van der Waals surface area contributed by atoms with Crippen LogP contribution in [-0.2, 0) is 12.1 Å². The van der Waals surface area contributed by atoms with E-state index in [4.69, 9.17) is 4.98 Å². The standard InChI is InChI=1S/C21H26FN5S/c1-21(2,3)27-14-16(12-23-27)13-25-8-10-26(11-9-25)20-24-19(15-28-20)17-4-6-18(22)7-5-17/h4-7,12,14-15H,8-11,13H2,1-3H3. The topological polar surface area (TPSA) is 37.2 Å². The third kappa shape index (κ3) is 4.25. The lowest BCUT2D eigenvalue weighted by Gasteiger charge is -2.34. The van der Waals surface area contributed by atoms with Crippen molar-refractivity contribution in [2.75, 3.05) is 31.1 Å². The minimum absolute atomic E-state index is 0.0179. The first-order chi connectivity index (χ1) is 13.4. The number of hydrogen-bond acceptors (Lipinski definition) is 5. The van der Waals surface area contributed by atoms with Crippen molar-refractivity contribution in [1.29, 1.82) is 0 Å². The van der Waals surface area contributed by atoms with Gasteiger partial charge >= 0.3 is 0 Å². The fourth-order valence-electron chi connectivity index (χ4n) is 3.33. The third-order valence-corrected chi connectivity index (χ3v) is 5.91. The Bertz CT molecular complexity index is 917. The summed E-state index contributed by atoms with van der Waals surface area (Å²) in [6, 6.07) is 6.53. The van der Waals surface area contributed by atoms with E-state index in [1.807, 2.05) is 10.9 Å². The lowest BCUT2D eigenvalue weighted by Crippen LogP contribution is -2.45. The molecule has 0 bridgehead atoms. The van der Waals surface area contributed by atoms with Gasteiger partial charge in [0.1, 0.15) is 5.82 Å². The average molecular weight is 400 g/mol. The van der Waals surface area contributed by atoms with Crippen LogP contribution in [0.3, 0.4) is 0 Å². The molecule has 3 aromatic rings. The number of hydrogen-bond donors (Lipinski definition) is 0. The van der Waals surface area contributed by atoms with Gasteiger partial charge in [0, 0.05) is 55.4 Å². The molecule has 1 aliphatic heterocycles. The zero-order valence-corrected chi connectivity index (χ0v) is 17.4. The smallest absolute Gasteiger partial charge is 0.185 e. The van der Waals surface area contributed by atoms with Crippen molar-refractivity contribution in [2.45, 2.75) is 32.9 Å². The van der Waals surface area contributed by atoms with Crippen LogP contribution in [-0.4, -0.2) is 45.8 Å². The summed E-state index contributed by atoms with van der Waals surface area (Å²) in [7, 11) is 0. The van der Waals surface area contributed by atoms with Gasteiger partial charge in [0.15, 0.2) is 5.13 Å². The summed E-state index contributed by atoms with van der Waals surface area (Å²) in [4.78, 5) is 9.57. The zero-order valence-electron chi connectivity index (χ0n) is 16.6. The summed E-state index contributed by atoms with van der Waals surface area (Å²) in [5, 5.41) is 7.59. The van der Waals surface area contributed by atoms with E-state index in [0.29, 0.717) is 0 Å². The highest BCUT2D eigenvalue weighted by atomic mass is 32.1. The largest absolute Gasteiger partial charge is 0.346 e. The van der Waals surface area contributed by atoms with Gasteiger partial charge in [0.2, 0.25) is 0 Å². The molecule has 0 unspecified atom stereocenters. The third-order valence-electron chi connectivity index (χ3n) is 5.00. The highest BCUT2D eigenvalue weighted by Gasteiger charge is 2.21. The van der Waals surface area contributed by atoms with Gasteiger partial charge in [-0.3, -0.25) is 9.58 Å². The van der Waals surface area contributed by atoms with Crippen LogP contribution in [0.5, 0.6) is 0 Å². The molecule has 0 aliphatic carbocycles. The van der Waals surface area contributed by atoms with E-state index in [1.54, 1.807) is 23.5 Å². The highest BCUT2D eigenvalue weighted by molar-refractivity contribution is 7.14. The van der Waals surface area contributed by atoms with Crippen molar-refractivity contribution < 1.29 is 4.39 Å². The van der Waals surface area contributed by atoms with Gasteiger partial charge in [-0.25, -0.2) is 9.37 Å². The summed E-state index contributed by atoms with van der Waals surface area (Å²) < 4.78 is 15.1. The predicted molar refractivity (Wildman–Crippen MR) is 112 cm³/mol. The molecule has 0 atom stereocenters. The summed E-state index contributed by atoms with van der Waals surface area (Å²) in [5.41, 5.74) is 3.15. The minimum atomic E-state index is -0.219. The number of nitrogens with zero attached hydrogens (tertiary/aromatic N) is 5. The minimum Gasteiger partial charge on any atom is -0.346 e. The molecule has 0 radical (unpaired) electrons. The molecule has 1 saturated heterocycles. The number of halogens is 1. The van der Waals surface area contributed by atoms with Gasteiger partial charge in [0.25, 0.3) is 0 Å². The van der Waals surface area contributed by atoms with Crippen LogP contribution >= 0.6 is 11.3 Å². The Hall–Kier alpha value is -2.25. The second-order valence-electron chi connectivity index (χ2n) is 8.25. The number of anilines is 1. The molecule has 7 heteroatoms. The summed E-state index contributed by atoms with van der Waals surface area (Å²) in [5.74, 6) is -0.219. The molecule has 1 aromatic carbocycles. The Morgan fingerprint density at radius 2 is 1.79 bits per heavy atom. The van der Waals surface area contributed by atoms with Crippen molar-refractivity contribution in [3.8, 4) is 11.3 Å². The number of aromatic nitrogens is 3. The van der Waals surface area contributed by atoms with E-state index in [9.17, 15) is 4.39 Å². The molecule has 5 nitrogen and oxygen atoms in total. The Labute approximate surface area is 169 Å². The van der Waals surface area contributed by atoms with Gasteiger partial charge < -0.3 is 4.90 Å². The van der Waals surface area contributed by atoms with Crippen LogP contribution in [0.25, 0.3) is 11.3 Å². The van der Waals surface area contributed by atoms with Gasteiger partial charge in [-0.1, -0.05) is 0 Å². The fraction of sp³-hybridized carbons (Fsp3) is 0.429. The normalized spacial score (nSPS) is 15.9. The Morgan fingerprint density at radius 3 is 2.43 bits per heavy atom. The maximum absolute atomic E-state index is 13.1. The molecular weight excluding hydrogens is 373 g/mol. The second kappa shape index (κ2) is 7.64. The van der Waals surface area contributed by atoms with E-state index in [0.717, 1.165) is 49.1 Å². The molecule has 148 valence electrons. The van der Waals surface area contributed by atoms with Crippen LogP contribution in [0.4, 0.5) is 9.52 Å². The molecule has 0 amide bonds. The van der Waals surface area contributed by atoms with Crippen molar-refractivity contribution in [3.05, 3.63) is 53.4 Å². The van der Waals surface area contributed by atoms with Crippen LogP contribution in [0, 0.1) is 5.82 Å². The second-order valence-corrected chi connectivity index (χ2v) is 9.09. The lowest BCUT2D eigenvalue weighted by atomic mass is 10.1. The average Bonchev–Trinajstić information content (AvgIpc) is 3.33. The Kier molecular flexibility index (Phi) is 5.21. The van der Waals surface area contributed by atoms with Gasteiger partial charge in [0.05, 0.1) is 17.4 Å². The Balaban J connectivity index is 1.34. The Morgan fingerprint density at radius 1 is 1.07 bits per heavy atom. The number of rotatable bonds is 4. The van der Waals surface area contributed by atoms with E-state index in [-0.39, 0.29) is 11.4 Å². The van der Waals surface area contributed by atoms with Gasteiger partial charge in [-0.2, -0.15) is 5.10 Å². The SMILES string of the molecule is CC(C)(C)n1cc(CN2CCN(c3nc(-c4ccc(F)cc4)cs3)CC2)cn1. The number of thiazole rings is 1. The first kappa shape index (κ1) is 19.1. The maximum atomic E-state index is 13.1. The predicted octanol–water partition coefficient (Wildman–Crippen LogP) is 4.22. The van der Waals surface area contributed by atoms with Crippen molar-refractivity contribution in [2.24, 2.45) is 0 Å². The quantitative estimate of drug-likeness (QED) is 0.658. The monoisotopic (exact) mass is 399 g/mol. The van der Waals surface area contributed by atoms with Crippen molar-refractivity contribution >= 4 is 16.5 Å². The number of piperazine rings is 1. The fourth-order valence-corrected chi connectivity index (χ4v) is 4.22. The highest BCUT2D eigenvalue weighted by Crippen LogP contribution is 2.28. The van der Waals surface area contributed by atoms with Gasteiger partial charge in [-0.05, 0) is 45.0 Å². The maximum Gasteiger partial charge on any atom is 0.185 e. The van der Waals surface area contributed by atoms with Crippen LogP contribution in [0.1, 0.15) is 26.3 Å². The lowest BCUT2D eigenvalue weighted by molar-refractivity contribution is 0.249. The van der Waals surface area contributed by atoms with E-state index >= 15 is 0 Å². The van der Waals surface area contributed by atoms with Gasteiger partial charge in [-0.15, -0.1) is 11.3 Å². The van der Waals surface area contributed by atoms with E-state index in [2.05, 4.69) is 47.2 Å². The van der Waals surface area contributed by atoms with Crippen molar-refractivity contribution in [1.82, 2.24) is 19.7 Å². The molecule has 28 heavy (non-hydrogen) atoms. The summed E-state index contributed by atoms with van der Waals surface area (Å²) in [6.45, 7) is 11.4. The van der Waals surface area contributed by atoms with E-state index < -0.39 is 0 Å². The zero-order chi connectivity index (χ0) is 19.7. The van der Waals surface area contributed by atoms with Crippen LogP contribution in [0.15, 0.2) is 42.0 Å². The molecule has 2 aromatic heterocycles. The molecule has 0 N–H and O–H groups in total. The molecule has 0 saturated carbocycles. The molecule has 0 spiro atoms. The van der Waals surface area contributed by atoms with E-state index in [1.165, 1.54) is 17.7 Å². The molecule has 1 aliphatic rings. The van der Waals surface area contributed by atoms with Crippen LogP contribution in [0.2, 0.25) is 0 Å². The first-order valence-corrected chi connectivity index (χ1v) is 10.5. The summed E-state index contributed by atoms with van der Waals surface area (Å²) >= 11 is 1.66. The van der Waals surface area contributed by atoms with Crippen molar-refractivity contribution in [3.63, 3.8) is 0 Å². The molecule has 3 heterocycles. The molecule has 1 fully saturated rings. The molecule has 4 rings (SSSR count). The number of benzene rings is 1. The van der Waals surface area contributed by atoms with Crippen LogP contribution < -0.4 is 4.90 Å².